The van der Waals surface area contributed by atoms with Crippen LogP contribution in [-0.2, 0) is 20.8 Å². The van der Waals surface area contributed by atoms with Crippen LogP contribution in [-0.4, -0.2) is 94.0 Å². The SMILES string of the molecule is NCCN1CCN(C(=O)N[C@H](C(=O)N[C@H]2Cc3cccc(C(=O)O)c3OB2O)c2ccc(O)cc2F)C(=O)C1=O. The number of rotatable bonds is 7. The number of benzene rings is 2. The number of urea groups is 1. The van der Waals surface area contributed by atoms with Crippen molar-refractivity contribution in [1.82, 2.24) is 20.4 Å². The first-order valence-corrected chi connectivity index (χ1v) is 12.1. The summed E-state index contributed by atoms with van der Waals surface area (Å²) in [7, 11) is -1.70. The van der Waals surface area contributed by atoms with E-state index in [1.807, 2.05) is 0 Å². The second-order valence-electron chi connectivity index (χ2n) is 9.05. The lowest BCUT2D eigenvalue weighted by atomic mass is 9.72. The maximum absolute atomic E-state index is 14.8. The Morgan fingerprint density at radius 2 is 1.93 bits per heavy atom. The summed E-state index contributed by atoms with van der Waals surface area (Å²) in [6, 6.07) is 4.18. The zero-order chi connectivity index (χ0) is 29.1. The van der Waals surface area contributed by atoms with Crippen molar-refractivity contribution >= 4 is 36.8 Å². The summed E-state index contributed by atoms with van der Waals surface area (Å²) in [4.78, 5) is 64.5. The molecule has 4 rings (SSSR count). The average molecular weight is 557 g/mol. The normalized spacial score (nSPS) is 17.6. The zero-order valence-electron chi connectivity index (χ0n) is 20.9. The van der Waals surface area contributed by atoms with Crippen LogP contribution < -0.4 is 21.0 Å². The first-order chi connectivity index (χ1) is 19.0. The third-order valence-corrected chi connectivity index (χ3v) is 6.46. The van der Waals surface area contributed by atoms with Crippen LogP contribution in [0.4, 0.5) is 9.18 Å². The summed E-state index contributed by atoms with van der Waals surface area (Å²) in [5, 5.41) is 34.2. The second kappa shape index (κ2) is 11.6. The molecule has 0 saturated carbocycles. The smallest absolute Gasteiger partial charge is 0.534 e. The monoisotopic (exact) mass is 557 g/mol. The van der Waals surface area contributed by atoms with Crippen molar-refractivity contribution in [1.29, 1.82) is 0 Å². The minimum absolute atomic E-state index is 0.00295. The van der Waals surface area contributed by atoms with E-state index in [4.69, 9.17) is 10.4 Å². The van der Waals surface area contributed by atoms with Crippen LogP contribution in [0.5, 0.6) is 11.5 Å². The van der Waals surface area contributed by atoms with Crippen LogP contribution >= 0.6 is 0 Å². The Bertz CT molecular complexity index is 1380. The lowest BCUT2D eigenvalue weighted by Crippen LogP contribution is -2.60. The predicted molar refractivity (Wildman–Crippen MR) is 134 cm³/mol. The zero-order valence-corrected chi connectivity index (χ0v) is 20.9. The molecule has 16 heteroatoms. The van der Waals surface area contributed by atoms with Crippen molar-refractivity contribution in [2.24, 2.45) is 5.73 Å². The molecule has 14 nitrogen and oxygen atoms in total. The number of amides is 5. The number of phenols is 1. The van der Waals surface area contributed by atoms with Crippen LogP contribution in [0.3, 0.4) is 0 Å². The highest BCUT2D eigenvalue weighted by Crippen LogP contribution is 2.30. The van der Waals surface area contributed by atoms with Crippen LogP contribution in [0.1, 0.15) is 27.5 Å². The van der Waals surface area contributed by atoms with Crippen molar-refractivity contribution < 1.29 is 48.3 Å². The molecule has 0 aliphatic carbocycles. The van der Waals surface area contributed by atoms with Crippen molar-refractivity contribution in [3.05, 3.63) is 58.9 Å². The number of phenolic OH excluding ortho intramolecular Hbond substituents is 1. The highest BCUT2D eigenvalue weighted by Gasteiger charge is 2.41. The van der Waals surface area contributed by atoms with E-state index in [0.29, 0.717) is 16.5 Å². The van der Waals surface area contributed by atoms with Crippen LogP contribution in [0, 0.1) is 5.82 Å². The number of carbonyl (C=O) groups excluding carboxylic acids is 4. The Hall–Kier alpha value is -4.70. The fraction of sp³-hybridized carbons (Fsp3) is 0.292. The topological polar surface area (TPSA) is 212 Å². The Balaban J connectivity index is 1.57. The van der Waals surface area contributed by atoms with Crippen molar-refractivity contribution in [3.8, 4) is 11.5 Å². The minimum Gasteiger partial charge on any atom is -0.534 e. The summed E-state index contributed by atoms with van der Waals surface area (Å²) in [5.74, 6) is -7.17. The van der Waals surface area contributed by atoms with Crippen LogP contribution in [0.25, 0.3) is 0 Å². The maximum Gasteiger partial charge on any atom is 0.547 e. The van der Waals surface area contributed by atoms with Gasteiger partial charge in [0.05, 0.1) is 11.5 Å². The molecule has 0 aromatic heterocycles. The van der Waals surface area contributed by atoms with Gasteiger partial charge in [-0.3, -0.25) is 19.3 Å². The first-order valence-electron chi connectivity index (χ1n) is 12.1. The van der Waals surface area contributed by atoms with E-state index in [9.17, 15) is 43.6 Å². The molecule has 2 aliphatic rings. The number of aromatic hydroxyl groups is 1. The van der Waals surface area contributed by atoms with Gasteiger partial charge >= 0.3 is 30.9 Å². The first kappa shape index (κ1) is 28.3. The van der Waals surface area contributed by atoms with Gasteiger partial charge < -0.3 is 41.2 Å². The molecule has 7 N–H and O–H groups in total. The van der Waals surface area contributed by atoms with E-state index in [1.165, 1.54) is 17.0 Å². The Labute approximate surface area is 226 Å². The molecule has 2 heterocycles. The number of nitrogens with zero attached hydrogens (tertiary/aromatic N) is 2. The number of carboxylic acid groups (broad SMARTS) is 1. The fourth-order valence-corrected chi connectivity index (χ4v) is 4.46. The summed E-state index contributed by atoms with van der Waals surface area (Å²) in [6.07, 6.45) is -0.0713. The molecule has 0 bridgehead atoms. The van der Waals surface area contributed by atoms with E-state index < -0.39 is 60.4 Å². The Morgan fingerprint density at radius 1 is 1.18 bits per heavy atom. The average Bonchev–Trinajstić information content (AvgIpc) is 2.90. The minimum atomic E-state index is -1.78. The van der Waals surface area contributed by atoms with Crippen LogP contribution in [0.15, 0.2) is 36.4 Å². The number of carbonyl (C=O) groups is 5. The van der Waals surface area contributed by atoms with Gasteiger partial charge in [0.15, 0.2) is 0 Å². The molecule has 40 heavy (non-hydrogen) atoms. The highest BCUT2D eigenvalue weighted by atomic mass is 19.1. The molecule has 0 spiro atoms. The molecule has 1 saturated heterocycles. The van der Waals surface area contributed by atoms with Gasteiger partial charge in [0.25, 0.3) is 0 Å². The Morgan fingerprint density at radius 3 is 2.60 bits per heavy atom. The van der Waals surface area contributed by atoms with Gasteiger partial charge in [0, 0.05) is 37.8 Å². The lowest BCUT2D eigenvalue weighted by Gasteiger charge is -2.33. The number of halogens is 1. The quantitative estimate of drug-likeness (QED) is 0.176. The van der Waals surface area contributed by atoms with Crippen molar-refractivity contribution in [2.75, 3.05) is 26.2 Å². The molecule has 2 aliphatic heterocycles. The number of aromatic carboxylic acids is 1. The summed E-state index contributed by atoms with van der Waals surface area (Å²) in [5.41, 5.74) is 5.23. The van der Waals surface area contributed by atoms with E-state index in [0.717, 1.165) is 12.1 Å². The van der Waals surface area contributed by atoms with E-state index in [1.54, 1.807) is 6.07 Å². The number of nitrogens with two attached hydrogens (primary N) is 1. The highest BCUT2D eigenvalue weighted by molar-refractivity contribution is 6.47. The summed E-state index contributed by atoms with van der Waals surface area (Å²) >= 11 is 0. The van der Waals surface area contributed by atoms with E-state index >= 15 is 0 Å². The number of piperazine rings is 1. The second-order valence-corrected chi connectivity index (χ2v) is 9.05. The molecule has 0 unspecified atom stereocenters. The largest absolute Gasteiger partial charge is 0.547 e. The predicted octanol–water partition coefficient (Wildman–Crippen LogP) is -1.25. The van der Waals surface area contributed by atoms with Gasteiger partial charge in [-0.1, -0.05) is 12.1 Å². The van der Waals surface area contributed by atoms with Gasteiger partial charge in [-0.2, -0.15) is 0 Å². The number of fused-ring (bicyclic) bond motifs is 1. The third kappa shape index (κ3) is 5.67. The van der Waals surface area contributed by atoms with Gasteiger partial charge in [-0.05, 0) is 30.2 Å². The van der Waals surface area contributed by atoms with Crippen LogP contribution in [0.2, 0.25) is 0 Å². The molecule has 0 radical (unpaired) electrons. The van der Waals surface area contributed by atoms with Gasteiger partial charge in [-0.15, -0.1) is 0 Å². The van der Waals surface area contributed by atoms with Crippen molar-refractivity contribution in [3.63, 3.8) is 0 Å². The molecule has 2 aromatic carbocycles. The van der Waals surface area contributed by atoms with Gasteiger partial charge in [-0.25, -0.2) is 14.0 Å². The molecule has 1 fully saturated rings. The number of hydrogen-bond acceptors (Lipinski definition) is 9. The summed E-state index contributed by atoms with van der Waals surface area (Å²) < 4.78 is 20.2. The molecule has 210 valence electrons. The molecular weight excluding hydrogens is 532 g/mol. The maximum atomic E-state index is 14.8. The molecule has 2 aromatic rings. The molecule has 5 amide bonds. The van der Waals surface area contributed by atoms with E-state index in [-0.39, 0.29) is 49.5 Å². The lowest BCUT2D eigenvalue weighted by molar-refractivity contribution is -0.153. The Kier molecular flexibility index (Phi) is 8.20. The van der Waals surface area contributed by atoms with Gasteiger partial charge in [0.1, 0.15) is 23.4 Å². The number of imide groups is 1. The number of para-hydroxylation sites is 1. The fourth-order valence-electron chi connectivity index (χ4n) is 4.46. The number of nitrogens with one attached hydrogen (secondary N) is 2. The van der Waals surface area contributed by atoms with E-state index in [2.05, 4.69) is 10.6 Å². The molecule has 2 atom stereocenters. The third-order valence-electron chi connectivity index (χ3n) is 6.46. The summed E-state index contributed by atoms with van der Waals surface area (Å²) in [6.45, 7) is 0.00270. The number of carboxylic acids is 1. The van der Waals surface area contributed by atoms with Crippen molar-refractivity contribution in [2.45, 2.75) is 18.4 Å². The molecular formula is C24H25BFN5O9. The number of hydrogen-bond donors (Lipinski definition) is 6. The van der Waals surface area contributed by atoms with Gasteiger partial charge in [0.2, 0.25) is 5.91 Å². The standard InChI is InChI=1S/C24H25BFN5O9/c26-16-11-13(32)4-5-14(16)18(29-24(38)31-9-8-30(7-6-27)21(34)22(31)35)20(33)28-17-10-12-2-1-3-15(23(36)37)19(12)40-25(17)39/h1-5,11,17-18,32,39H,6-10,27H2,(H,28,33)(H,29,38)(H,36,37)/t17-,18-/m0/s1.